The summed E-state index contributed by atoms with van der Waals surface area (Å²) in [7, 11) is 1.66. The van der Waals surface area contributed by atoms with Crippen LogP contribution in [0.1, 0.15) is 17.7 Å². The van der Waals surface area contributed by atoms with E-state index in [9.17, 15) is 4.79 Å². The zero-order valence-electron chi connectivity index (χ0n) is 15.1. The van der Waals surface area contributed by atoms with Gasteiger partial charge in [-0.2, -0.15) is 0 Å². The van der Waals surface area contributed by atoms with Gasteiger partial charge in [0.1, 0.15) is 12.7 Å². The first-order valence-corrected chi connectivity index (χ1v) is 8.87. The number of piperidine rings is 1. The molecular formula is C20H23N3O3. The molecule has 2 aromatic rings. The van der Waals surface area contributed by atoms with Gasteiger partial charge in [0.15, 0.2) is 11.6 Å². The summed E-state index contributed by atoms with van der Waals surface area (Å²) in [6.07, 6.45) is 0.593. The van der Waals surface area contributed by atoms with Crippen molar-refractivity contribution >= 4 is 11.7 Å². The number of ether oxygens (including phenoxy) is 2. The molecule has 2 fully saturated rings. The van der Waals surface area contributed by atoms with Crippen LogP contribution in [0.3, 0.4) is 0 Å². The Morgan fingerprint density at radius 1 is 1.27 bits per heavy atom. The van der Waals surface area contributed by atoms with Crippen molar-refractivity contribution in [2.24, 2.45) is 0 Å². The van der Waals surface area contributed by atoms with E-state index in [1.807, 2.05) is 37.3 Å². The zero-order chi connectivity index (χ0) is 18.1. The van der Waals surface area contributed by atoms with E-state index in [0.29, 0.717) is 6.54 Å². The molecule has 0 saturated carbocycles. The minimum Gasteiger partial charge on any atom is -0.493 e. The molecule has 0 radical (unpaired) electrons. The molecule has 2 aliphatic heterocycles. The molecule has 1 N–H and O–H groups in total. The van der Waals surface area contributed by atoms with Gasteiger partial charge in [0, 0.05) is 18.8 Å². The molecule has 0 spiro atoms. The fourth-order valence-corrected chi connectivity index (χ4v) is 3.97. The molecule has 2 atom stereocenters. The maximum Gasteiger partial charge on any atom is 0.246 e. The van der Waals surface area contributed by atoms with E-state index in [0.717, 1.165) is 35.8 Å². The van der Waals surface area contributed by atoms with Crippen LogP contribution in [0.2, 0.25) is 0 Å². The van der Waals surface area contributed by atoms with Gasteiger partial charge >= 0.3 is 0 Å². The SMILES string of the molecule is COc1ccc(C)nc1N1CC[C@@]2(c3ccccc3)NC(=O)CO[C@@H]2C1. The lowest BCUT2D eigenvalue weighted by molar-refractivity contribution is -0.146. The normalized spacial score (nSPS) is 25.4. The third kappa shape index (κ3) is 2.80. The van der Waals surface area contributed by atoms with Crippen LogP contribution in [0, 0.1) is 6.92 Å². The number of anilines is 1. The lowest BCUT2D eigenvalue weighted by Crippen LogP contribution is -2.66. The summed E-state index contributed by atoms with van der Waals surface area (Å²) >= 11 is 0. The number of aryl methyl sites for hydroxylation is 1. The molecule has 2 aliphatic rings. The highest BCUT2D eigenvalue weighted by atomic mass is 16.5. The van der Waals surface area contributed by atoms with Crippen LogP contribution in [0.5, 0.6) is 5.75 Å². The molecule has 0 unspecified atom stereocenters. The van der Waals surface area contributed by atoms with Crippen molar-refractivity contribution in [3.05, 3.63) is 53.7 Å². The van der Waals surface area contributed by atoms with Gasteiger partial charge in [-0.1, -0.05) is 30.3 Å². The molecular weight excluding hydrogens is 330 g/mol. The zero-order valence-corrected chi connectivity index (χ0v) is 15.1. The number of aromatic nitrogens is 1. The average molecular weight is 353 g/mol. The lowest BCUT2D eigenvalue weighted by atomic mass is 9.77. The largest absolute Gasteiger partial charge is 0.493 e. The molecule has 0 aliphatic carbocycles. The Balaban J connectivity index is 1.68. The van der Waals surface area contributed by atoms with Crippen LogP contribution >= 0.6 is 0 Å². The highest BCUT2D eigenvalue weighted by molar-refractivity contribution is 5.79. The third-order valence-corrected chi connectivity index (χ3v) is 5.28. The molecule has 1 aromatic carbocycles. The van der Waals surface area contributed by atoms with Crippen molar-refractivity contribution in [1.29, 1.82) is 0 Å². The first-order valence-electron chi connectivity index (χ1n) is 8.87. The number of nitrogens with one attached hydrogen (secondary N) is 1. The van der Waals surface area contributed by atoms with Gasteiger partial charge in [-0.15, -0.1) is 0 Å². The second kappa shape index (κ2) is 6.61. The molecule has 1 amide bonds. The van der Waals surface area contributed by atoms with E-state index in [-0.39, 0.29) is 18.6 Å². The van der Waals surface area contributed by atoms with Crippen molar-refractivity contribution in [2.45, 2.75) is 25.0 Å². The number of fused-ring (bicyclic) bond motifs is 1. The molecule has 1 aromatic heterocycles. The van der Waals surface area contributed by atoms with E-state index in [1.54, 1.807) is 7.11 Å². The van der Waals surface area contributed by atoms with Gasteiger partial charge in [-0.05, 0) is 31.0 Å². The summed E-state index contributed by atoms with van der Waals surface area (Å²) in [4.78, 5) is 19.0. The lowest BCUT2D eigenvalue weighted by Gasteiger charge is -2.50. The number of hydrogen-bond donors (Lipinski definition) is 1. The number of carbonyl (C=O) groups is 1. The van der Waals surface area contributed by atoms with Crippen molar-refractivity contribution in [2.75, 3.05) is 31.7 Å². The quantitative estimate of drug-likeness (QED) is 0.915. The standard InChI is InChI=1S/C20H23N3O3/c1-14-8-9-16(25-2)19(21-14)23-11-10-20(15-6-4-3-5-7-15)17(12-23)26-13-18(24)22-20/h3-9,17H,10-13H2,1-2H3,(H,22,24)/t17-,20+/m1/s1. The van der Waals surface area contributed by atoms with Crippen molar-refractivity contribution in [3.63, 3.8) is 0 Å². The molecule has 2 saturated heterocycles. The number of methoxy groups -OCH3 is 1. The minimum atomic E-state index is -0.496. The summed E-state index contributed by atoms with van der Waals surface area (Å²) in [5.74, 6) is 1.52. The number of benzene rings is 1. The fraction of sp³-hybridized carbons (Fsp3) is 0.400. The van der Waals surface area contributed by atoms with Crippen LogP contribution in [0.4, 0.5) is 5.82 Å². The Kier molecular flexibility index (Phi) is 4.28. The molecule has 136 valence electrons. The van der Waals surface area contributed by atoms with Crippen LogP contribution in [-0.2, 0) is 15.1 Å². The number of amides is 1. The summed E-state index contributed by atoms with van der Waals surface area (Å²) in [5.41, 5.74) is 1.53. The first-order chi connectivity index (χ1) is 12.6. The Bertz CT molecular complexity index is 811. The summed E-state index contributed by atoms with van der Waals surface area (Å²) in [6.45, 7) is 3.45. The monoisotopic (exact) mass is 353 g/mol. The van der Waals surface area contributed by atoms with Crippen molar-refractivity contribution < 1.29 is 14.3 Å². The highest BCUT2D eigenvalue weighted by Crippen LogP contribution is 2.39. The second-order valence-corrected chi connectivity index (χ2v) is 6.86. The van der Waals surface area contributed by atoms with Gasteiger partial charge in [0.2, 0.25) is 5.91 Å². The number of rotatable bonds is 3. The van der Waals surface area contributed by atoms with E-state index in [1.165, 1.54) is 0 Å². The Hall–Kier alpha value is -2.60. The maximum atomic E-state index is 12.1. The minimum absolute atomic E-state index is 0.0650. The first kappa shape index (κ1) is 16.8. The molecule has 6 heteroatoms. The van der Waals surface area contributed by atoms with Crippen LogP contribution in [0.25, 0.3) is 0 Å². The van der Waals surface area contributed by atoms with Gasteiger partial charge < -0.3 is 19.7 Å². The van der Waals surface area contributed by atoms with Gasteiger partial charge in [-0.25, -0.2) is 4.98 Å². The van der Waals surface area contributed by atoms with Crippen LogP contribution in [0.15, 0.2) is 42.5 Å². The molecule has 3 heterocycles. The van der Waals surface area contributed by atoms with Crippen LogP contribution in [-0.4, -0.2) is 43.8 Å². The molecule has 6 nitrogen and oxygen atoms in total. The Morgan fingerprint density at radius 3 is 2.85 bits per heavy atom. The molecule has 26 heavy (non-hydrogen) atoms. The summed E-state index contributed by atoms with van der Waals surface area (Å²) in [6, 6.07) is 14.0. The summed E-state index contributed by atoms with van der Waals surface area (Å²) < 4.78 is 11.5. The number of carbonyl (C=O) groups excluding carboxylic acids is 1. The highest BCUT2D eigenvalue weighted by Gasteiger charge is 2.49. The third-order valence-electron chi connectivity index (χ3n) is 5.28. The smallest absolute Gasteiger partial charge is 0.246 e. The predicted octanol–water partition coefficient (Wildman–Crippen LogP) is 2.02. The Labute approximate surface area is 153 Å². The van der Waals surface area contributed by atoms with E-state index in [2.05, 4.69) is 27.3 Å². The molecule has 0 bridgehead atoms. The van der Waals surface area contributed by atoms with Crippen molar-refractivity contribution in [3.8, 4) is 5.75 Å². The van der Waals surface area contributed by atoms with E-state index < -0.39 is 5.54 Å². The van der Waals surface area contributed by atoms with Crippen molar-refractivity contribution in [1.82, 2.24) is 10.3 Å². The van der Waals surface area contributed by atoms with E-state index in [4.69, 9.17) is 9.47 Å². The fourth-order valence-electron chi connectivity index (χ4n) is 3.97. The van der Waals surface area contributed by atoms with E-state index >= 15 is 0 Å². The number of morpholine rings is 1. The summed E-state index contributed by atoms with van der Waals surface area (Å²) in [5, 5.41) is 3.22. The Morgan fingerprint density at radius 2 is 2.08 bits per heavy atom. The number of hydrogen-bond acceptors (Lipinski definition) is 5. The second-order valence-electron chi connectivity index (χ2n) is 6.86. The predicted molar refractivity (Wildman–Crippen MR) is 98.4 cm³/mol. The van der Waals surface area contributed by atoms with Gasteiger partial charge in [0.25, 0.3) is 0 Å². The van der Waals surface area contributed by atoms with Crippen LogP contribution < -0.4 is 15.0 Å². The van der Waals surface area contributed by atoms with Gasteiger partial charge in [0.05, 0.1) is 12.6 Å². The number of nitrogens with zero attached hydrogens (tertiary/aromatic N) is 2. The maximum absolute atomic E-state index is 12.1. The number of pyridine rings is 1. The van der Waals surface area contributed by atoms with Gasteiger partial charge in [-0.3, -0.25) is 4.79 Å². The molecule has 4 rings (SSSR count). The average Bonchev–Trinajstić information content (AvgIpc) is 2.68. The topological polar surface area (TPSA) is 63.7 Å².